The molecule has 28 heavy (non-hydrogen) atoms. The van der Waals surface area contributed by atoms with Crippen molar-refractivity contribution >= 4 is 32.2 Å². The summed E-state index contributed by atoms with van der Waals surface area (Å²) in [6.07, 6.45) is 1.45. The summed E-state index contributed by atoms with van der Waals surface area (Å²) in [5.41, 5.74) is -0.142. The predicted molar refractivity (Wildman–Crippen MR) is 102 cm³/mol. The van der Waals surface area contributed by atoms with Gasteiger partial charge in [-0.25, -0.2) is 17.7 Å². The average molecular weight is 423 g/mol. The van der Waals surface area contributed by atoms with Crippen LogP contribution in [0.25, 0.3) is 0 Å². The fourth-order valence-corrected chi connectivity index (χ4v) is 4.70. The molecule has 8 nitrogen and oxygen atoms in total. The highest BCUT2D eigenvalue weighted by atomic mass is 32.2. The molecule has 0 aliphatic rings. The lowest BCUT2D eigenvalue weighted by Crippen LogP contribution is -2.30. The lowest BCUT2D eigenvalue weighted by molar-refractivity contribution is -0.387. The van der Waals surface area contributed by atoms with Gasteiger partial charge in [-0.15, -0.1) is 11.3 Å². The number of methoxy groups -OCH3 is 1. The van der Waals surface area contributed by atoms with Gasteiger partial charge in [-0.1, -0.05) is 12.1 Å². The lowest BCUT2D eigenvalue weighted by Gasteiger charge is -2.22. The molecule has 0 radical (unpaired) electrons. The molecule has 146 valence electrons. The van der Waals surface area contributed by atoms with Crippen molar-refractivity contribution in [3.8, 4) is 5.75 Å². The summed E-state index contributed by atoms with van der Waals surface area (Å²) in [5.74, 6) is -0.612. The number of nitrogens with zero attached hydrogens (tertiary/aromatic N) is 3. The predicted octanol–water partition coefficient (Wildman–Crippen LogP) is 3.59. The number of benzene rings is 2. The number of nitro groups is 1. The number of hydrogen-bond donors (Lipinski definition) is 0. The number of rotatable bonds is 7. The molecule has 3 rings (SSSR count). The van der Waals surface area contributed by atoms with Crippen molar-refractivity contribution in [3.05, 3.63) is 75.5 Å². The molecule has 3 aromatic rings. The quantitative estimate of drug-likeness (QED) is 0.425. The Hall–Kier alpha value is -3.05. The molecule has 0 bridgehead atoms. The maximum absolute atomic E-state index is 14.0. The third-order valence-corrected chi connectivity index (χ3v) is 6.46. The van der Waals surface area contributed by atoms with Gasteiger partial charge in [0.15, 0.2) is 5.13 Å². The zero-order valence-corrected chi connectivity index (χ0v) is 16.1. The van der Waals surface area contributed by atoms with Gasteiger partial charge in [-0.3, -0.25) is 10.1 Å². The Kier molecular flexibility index (Phi) is 5.56. The number of aromatic nitrogens is 1. The Labute approximate surface area is 164 Å². The monoisotopic (exact) mass is 423 g/mol. The van der Waals surface area contributed by atoms with Crippen LogP contribution in [0.4, 0.5) is 15.2 Å². The van der Waals surface area contributed by atoms with Crippen molar-refractivity contribution in [1.82, 2.24) is 4.98 Å². The first kappa shape index (κ1) is 19.7. The topological polar surface area (TPSA) is 103 Å². The van der Waals surface area contributed by atoms with Gasteiger partial charge < -0.3 is 4.74 Å². The van der Waals surface area contributed by atoms with Crippen LogP contribution in [0, 0.1) is 15.9 Å². The van der Waals surface area contributed by atoms with Gasteiger partial charge in [0.2, 0.25) is 5.82 Å². The first-order valence-corrected chi connectivity index (χ1v) is 10.1. The molecule has 0 unspecified atom stereocenters. The van der Waals surface area contributed by atoms with E-state index < -0.39 is 31.3 Å². The van der Waals surface area contributed by atoms with Crippen molar-refractivity contribution in [2.24, 2.45) is 0 Å². The van der Waals surface area contributed by atoms with Crippen molar-refractivity contribution < 1.29 is 22.5 Å². The third-order valence-electron chi connectivity index (χ3n) is 3.82. The molecule has 0 aliphatic heterocycles. The first-order valence-electron chi connectivity index (χ1n) is 7.82. The van der Waals surface area contributed by atoms with Crippen LogP contribution in [-0.4, -0.2) is 25.4 Å². The maximum Gasteiger partial charge on any atom is 0.304 e. The van der Waals surface area contributed by atoms with Gasteiger partial charge in [0, 0.05) is 23.7 Å². The van der Waals surface area contributed by atoms with Crippen molar-refractivity contribution in [2.75, 3.05) is 11.4 Å². The van der Waals surface area contributed by atoms with Gasteiger partial charge in [0.25, 0.3) is 10.0 Å². The molecule has 0 N–H and O–H groups in total. The highest BCUT2D eigenvalue weighted by molar-refractivity contribution is 7.93. The molecule has 0 atom stereocenters. The number of anilines is 1. The van der Waals surface area contributed by atoms with Crippen molar-refractivity contribution in [1.29, 1.82) is 0 Å². The normalized spacial score (nSPS) is 11.2. The number of ether oxygens (including phenoxy) is 1. The molecule has 1 heterocycles. The molecule has 0 saturated carbocycles. The van der Waals surface area contributed by atoms with Crippen LogP contribution in [-0.2, 0) is 16.6 Å². The molecule has 1 aromatic heterocycles. The molecular formula is C17H14FN3O5S2. The Morgan fingerprint density at radius 3 is 2.50 bits per heavy atom. The van der Waals surface area contributed by atoms with E-state index in [1.165, 1.54) is 13.3 Å². The fraction of sp³-hybridized carbons (Fsp3) is 0.118. The summed E-state index contributed by atoms with van der Waals surface area (Å²) in [7, 11) is -2.70. The minimum Gasteiger partial charge on any atom is -0.497 e. The van der Waals surface area contributed by atoms with E-state index in [9.17, 15) is 22.9 Å². The van der Waals surface area contributed by atoms with Crippen LogP contribution in [0.3, 0.4) is 0 Å². The summed E-state index contributed by atoms with van der Waals surface area (Å²) < 4.78 is 46.4. The van der Waals surface area contributed by atoms with Crippen LogP contribution in [0.1, 0.15) is 5.56 Å². The van der Waals surface area contributed by atoms with E-state index in [1.807, 2.05) is 0 Å². The van der Waals surface area contributed by atoms with Crippen LogP contribution >= 0.6 is 11.3 Å². The van der Waals surface area contributed by atoms with E-state index in [2.05, 4.69) is 4.98 Å². The van der Waals surface area contributed by atoms with E-state index in [1.54, 1.807) is 29.6 Å². The Morgan fingerprint density at radius 1 is 1.25 bits per heavy atom. The second-order valence-corrected chi connectivity index (χ2v) is 8.28. The van der Waals surface area contributed by atoms with Crippen LogP contribution in [0.5, 0.6) is 5.75 Å². The Balaban J connectivity index is 2.01. The number of nitro benzene ring substituents is 1. The average Bonchev–Trinajstić information content (AvgIpc) is 3.20. The highest BCUT2D eigenvalue weighted by Gasteiger charge is 2.29. The van der Waals surface area contributed by atoms with Gasteiger partial charge in [0.05, 0.1) is 23.5 Å². The number of halogens is 1. The Morgan fingerprint density at radius 2 is 1.96 bits per heavy atom. The summed E-state index contributed by atoms with van der Waals surface area (Å²) >= 11 is 1.10. The largest absolute Gasteiger partial charge is 0.497 e. The van der Waals surface area contributed by atoms with Crippen molar-refractivity contribution in [3.63, 3.8) is 0 Å². The Bertz CT molecular complexity index is 1090. The summed E-state index contributed by atoms with van der Waals surface area (Å²) in [6.45, 7) is -0.0571. The first-order chi connectivity index (χ1) is 13.3. The zero-order valence-electron chi connectivity index (χ0n) is 14.5. The molecule has 0 fully saturated rings. The van der Waals surface area contributed by atoms with Gasteiger partial charge in [-0.2, -0.15) is 4.39 Å². The summed E-state index contributed by atoms with van der Waals surface area (Å²) in [4.78, 5) is 13.5. The van der Waals surface area contributed by atoms with E-state index >= 15 is 0 Å². The standard InChI is InChI=1S/C17H14FN3O5S2/c1-26-13-4-2-12(3-5-13)11-20(17-19-8-9-27-17)28(24,25)14-6-7-16(21(22)23)15(18)10-14/h2-10H,11H2,1H3. The second kappa shape index (κ2) is 7.90. The van der Waals surface area contributed by atoms with Crippen LogP contribution in [0.15, 0.2) is 58.9 Å². The molecule has 0 saturated heterocycles. The zero-order chi connectivity index (χ0) is 20.3. The number of sulfonamides is 1. The van der Waals surface area contributed by atoms with E-state index in [0.717, 1.165) is 27.8 Å². The van der Waals surface area contributed by atoms with Gasteiger partial charge >= 0.3 is 5.69 Å². The molecule has 2 aromatic carbocycles. The second-order valence-electron chi connectivity index (χ2n) is 5.54. The van der Waals surface area contributed by atoms with E-state index in [0.29, 0.717) is 17.4 Å². The van der Waals surface area contributed by atoms with E-state index in [-0.39, 0.29) is 11.7 Å². The van der Waals surface area contributed by atoms with Crippen LogP contribution in [0.2, 0.25) is 0 Å². The number of thiazole rings is 1. The summed E-state index contributed by atoms with van der Waals surface area (Å²) in [6, 6.07) is 9.25. The minimum absolute atomic E-state index is 0.0571. The molecule has 0 spiro atoms. The molecule has 0 aliphatic carbocycles. The van der Waals surface area contributed by atoms with Crippen molar-refractivity contribution in [2.45, 2.75) is 11.4 Å². The highest BCUT2D eigenvalue weighted by Crippen LogP contribution is 2.30. The molecule has 11 heteroatoms. The lowest BCUT2D eigenvalue weighted by atomic mass is 10.2. The van der Waals surface area contributed by atoms with E-state index in [4.69, 9.17) is 4.74 Å². The molecular weight excluding hydrogens is 409 g/mol. The van der Waals surface area contributed by atoms with Gasteiger partial charge in [-0.05, 0) is 23.8 Å². The number of hydrogen-bond acceptors (Lipinski definition) is 7. The summed E-state index contributed by atoms with van der Waals surface area (Å²) in [5, 5.41) is 12.6. The van der Waals surface area contributed by atoms with Crippen LogP contribution < -0.4 is 9.04 Å². The SMILES string of the molecule is COc1ccc(CN(c2nccs2)S(=O)(=O)c2ccc([N+](=O)[O-])c(F)c2)cc1. The minimum atomic E-state index is -4.22. The fourth-order valence-electron chi connectivity index (χ4n) is 2.41. The maximum atomic E-state index is 14.0. The third kappa shape index (κ3) is 3.94. The van der Waals surface area contributed by atoms with Gasteiger partial charge in [0.1, 0.15) is 5.75 Å². The smallest absolute Gasteiger partial charge is 0.304 e. The molecule has 0 amide bonds.